The minimum atomic E-state index is -0.399. The van der Waals surface area contributed by atoms with Crippen molar-refractivity contribution in [3.05, 3.63) is 52.2 Å². The lowest BCUT2D eigenvalue weighted by Crippen LogP contribution is -2.50. The minimum Gasteiger partial charge on any atom is -0.396 e. The zero-order chi connectivity index (χ0) is 18.1. The Morgan fingerprint density at radius 1 is 1.31 bits per heavy atom. The lowest BCUT2D eigenvalue weighted by Gasteiger charge is -2.39. The standard InChI is InChI=1S/C19H25N3O4/c1-2-21-17(16-15(8-9-26-16)14-6-4-3-5-7-14)20-22(18(21)24)10-19(11-23)12-25-13-19/h3-7,15-16,23H,2,8-13H2,1H3/t15-,16-/m0/s1. The van der Waals surface area contributed by atoms with Crippen LogP contribution in [0.1, 0.15) is 36.8 Å². The van der Waals surface area contributed by atoms with Crippen molar-refractivity contribution in [2.45, 2.75) is 38.5 Å². The molecule has 2 aliphatic heterocycles. The summed E-state index contributed by atoms with van der Waals surface area (Å²) >= 11 is 0. The lowest BCUT2D eigenvalue weighted by atomic mass is 9.87. The van der Waals surface area contributed by atoms with E-state index in [1.165, 1.54) is 10.2 Å². The van der Waals surface area contributed by atoms with E-state index < -0.39 is 5.41 Å². The fraction of sp³-hybridized carbons (Fsp3) is 0.579. The molecule has 2 aliphatic rings. The van der Waals surface area contributed by atoms with Crippen molar-refractivity contribution < 1.29 is 14.6 Å². The van der Waals surface area contributed by atoms with Crippen molar-refractivity contribution in [1.82, 2.24) is 14.3 Å². The van der Waals surface area contributed by atoms with E-state index in [0.717, 1.165) is 6.42 Å². The second kappa shape index (κ2) is 6.98. The highest BCUT2D eigenvalue weighted by Gasteiger charge is 2.41. The third-order valence-corrected chi connectivity index (χ3v) is 5.48. The SMILES string of the molecule is CCn1c([C@H]2OCC[C@H]2c2ccccc2)nn(CC2(CO)COC2)c1=O. The zero-order valence-electron chi connectivity index (χ0n) is 15.0. The molecular formula is C19H25N3O4. The highest BCUT2D eigenvalue weighted by atomic mass is 16.5. The molecule has 7 nitrogen and oxygen atoms in total. The van der Waals surface area contributed by atoms with Gasteiger partial charge < -0.3 is 14.6 Å². The van der Waals surface area contributed by atoms with Gasteiger partial charge in [0.25, 0.3) is 0 Å². The maximum Gasteiger partial charge on any atom is 0.346 e. The van der Waals surface area contributed by atoms with Gasteiger partial charge in [0, 0.05) is 19.1 Å². The maximum absolute atomic E-state index is 12.8. The second-order valence-corrected chi connectivity index (χ2v) is 7.29. The number of aromatic nitrogens is 3. The largest absolute Gasteiger partial charge is 0.396 e. The first-order chi connectivity index (χ1) is 12.7. The van der Waals surface area contributed by atoms with Crippen LogP contribution in [0.3, 0.4) is 0 Å². The topological polar surface area (TPSA) is 78.5 Å². The maximum atomic E-state index is 12.8. The van der Waals surface area contributed by atoms with Gasteiger partial charge in [0.15, 0.2) is 5.82 Å². The van der Waals surface area contributed by atoms with Gasteiger partial charge in [0.1, 0.15) is 6.10 Å². The Bertz CT molecular complexity index is 804. The highest BCUT2D eigenvalue weighted by Crippen LogP contribution is 2.40. The first-order valence-electron chi connectivity index (χ1n) is 9.20. The predicted molar refractivity (Wildman–Crippen MR) is 95.0 cm³/mol. The summed E-state index contributed by atoms with van der Waals surface area (Å²) in [7, 11) is 0. The average molecular weight is 359 g/mol. The van der Waals surface area contributed by atoms with Crippen LogP contribution in [0.4, 0.5) is 0 Å². The van der Waals surface area contributed by atoms with Crippen molar-refractivity contribution in [1.29, 1.82) is 0 Å². The summed E-state index contributed by atoms with van der Waals surface area (Å²) in [6, 6.07) is 10.3. The molecule has 1 aromatic carbocycles. The van der Waals surface area contributed by atoms with E-state index in [2.05, 4.69) is 17.2 Å². The van der Waals surface area contributed by atoms with Gasteiger partial charge in [-0.1, -0.05) is 30.3 Å². The van der Waals surface area contributed by atoms with E-state index in [4.69, 9.17) is 9.47 Å². The van der Waals surface area contributed by atoms with Crippen LogP contribution in [-0.2, 0) is 22.6 Å². The molecule has 1 N–H and O–H groups in total. The molecule has 2 aromatic rings. The van der Waals surface area contributed by atoms with Crippen molar-refractivity contribution in [2.24, 2.45) is 5.41 Å². The number of aliphatic hydroxyl groups is 1. The Kier molecular flexibility index (Phi) is 4.69. The molecular weight excluding hydrogens is 334 g/mol. The quantitative estimate of drug-likeness (QED) is 0.842. The van der Waals surface area contributed by atoms with E-state index >= 15 is 0 Å². The number of ether oxygens (including phenoxy) is 2. The molecule has 0 unspecified atom stereocenters. The van der Waals surface area contributed by atoms with Gasteiger partial charge in [-0.15, -0.1) is 0 Å². The van der Waals surface area contributed by atoms with Gasteiger partial charge >= 0.3 is 5.69 Å². The third-order valence-electron chi connectivity index (χ3n) is 5.48. The van der Waals surface area contributed by atoms with Crippen LogP contribution < -0.4 is 5.69 Å². The molecule has 0 amide bonds. The number of aliphatic hydroxyl groups excluding tert-OH is 1. The van der Waals surface area contributed by atoms with Gasteiger partial charge in [0.05, 0.1) is 31.8 Å². The van der Waals surface area contributed by atoms with Crippen molar-refractivity contribution >= 4 is 0 Å². The van der Waals surface area contributed by atoms with E-state index in [0.29, 0.717) is 38.7 Å². The van der Waals surface area contributed by atoms with E-state index in [-0.39, 0.29) is 24.3 Å². The molecule has 0 aliphatic carbocycles. The summed E-state index contributed by atoms with van der Waals surface area (Å²) in [6.45, 7) is 4.40. The number of hydrogen-bond donors (Lipinski definition) is 1. The number of hydrogen-bond acceptors (Lipinski definition) is 5. The van der Waals surface area contributed by atoms with Gasteiger partial charge in [-0.05, 0) is 18.9 Å². The van der Waals surface area contributed by atoms with Gasteiger partial charge in [-0.25, -0.2) is 9.48 Å². The number of rotatable bonds is 6. The number of benzene rings is 1. The van der Waals surface area contributed by atoms with E-state index in [9.17, 15) is 9.90 Å². The summed E-state index contributed by atoms with van der Waals surface area (Å²) in [5, 5.41) is 14.3. The smallest absolute Gasteiger partial charge is 0.346 e. The first-order valence-corrected chi connectivity index (χ1v) is 9.20. The molecule has 3 heterocycles. The normalized spacial score (nSPS) is 24.5. The van der Waals surface area contributed by atoms with Crippen molar-refractivity contribution in [2.75, 3.05) is 26.4 Å². The van der Waals surface area contributed by atoms with Crippen LogP contribution in [0.25, 0.3) is 0 Å². The average Bonchev–Trinajstić information content (AvgIpc) is 3.23. The molecule has 0 bridgehead atoms. The van der Waals surface area contributed by atoms with Crippen LogP contribution in [0.15, 0.2) is 35.1 Å². The van der Waals surface area contributed by atoms with E-state index in [1.54, 1.807) is 4.57 Å². The summed E-state index contributed by atoms with van der Waals surface area (Å²) in [6.07, 6.45) is 0.683. The van der Waals surface area contributed by atoms with Crippen LogP contribution in [0, 0.1) is 5.41 Å². The Morgan fingerprint density at radius 3 is 2.69 bits per heavy atom. The fourth-order valence-electron chi connectivity index (χ4n) is 3.90. The van der Waals surface area contributed by atoms with Crippen LogP contribution in [0.5, 0.6) is 0 Å². The molecule has 7 heteroatoms. The molecule has 2 saturated heterocycles. The van der Waals surface area contributed by atoms with Crippen molar-refractivity contribution in [3.63, 3.8) is 0 Å². The molecule has 0 radical (unpaired) electrons. The first kappa shape index (κ1) is 17.5. The summed E-state index contributed by atoms with van der Waals surface area (Å²) in [5.74, 6) is 0.868. The third kappa shape index (κ3) is 2.90. The molecule has 2 atom stereocenters. The Hall–Kier alpha value is -1.96. The fourth-order valence-corrected chi connectivity index (χ4v) is 3.90. The molecule has 26 heavy (non-hydrogen) atoms. The molecule has 2 fully saturated rings. The van der Waals surface area contributed by atoms with Gasteiger partial charge in [-0.2, -0.15) is 5.10 Å². The molecule has 140 valence electrons. The van der Waals surface area contributed by atoms with Gasteiger partial charge in [0.2, 0.25) is 0 Å². The van der Waals surface area contributed by atoms with Crippen LogP contribution >= 0.6 is 0 Å². The molecule has 0 spiro atoms. The number of nitrogens with zero attached hydrogens (tertiary/aromatic N) is 3. The Morgan fingerprint density at radius 2 is 2.08 bits per heavy atom. The molecule has 0 saturated carbocycles. The molecule has 1 aromatic heterocycles. The van der Waals surface area contributed by atoms with Crippen LogP contribution in [-0.4, -0.2) is 45.9 Å². The van der Waals surface area contributed by atoms with Gasteiger partial charge in [-0.3, -0.25) is 4.57 Å². The van der Waals surface area contributed by atoms with Crippen LogP contribution in [0.2, 0.25) is 0 Å². The summed E-state index contributed by atoms with van der Waals surface area (Å²) in [4.78, 5) is 12.8. The second-order valence-electron chi connectivity index (χ2n) is 7.29. The zero-order valence-corrected chi connectivity index (χ0v) is 15.0. The lowest BCUT2D eigenvalue weighted by molar-refractivity contribution is -0.146. The van der Waals surface area contributed by atoms with Crippen molar-refractivity contribution in [3.8, 4) is 0 Å². The molecule has 4 rings (SSSR count). The monoisotopic (exact) mass is 359 g/mol. The highest BCUT2D eigenvalue weighted by molar-refractivity contribution is 5.23. The summed E-state index contributed by atoms with van der Waals surface area (Å²) < 4.78 is 14.4. The van der Waals surface area contributed by atoms with E-state index in [1.807, 2.05) is 25.1 Å². The predicted octanol–water partition coefficient (Wildman–Crippen LogP) is 1.32. The summed E-state index contributed by atoms with van der Waals surface area (Å²) in [5.41, 5.74) is 0.659. The minimum absolute atomic E-state index is 0.0136. The Labute approximate surface area is 152 Å². The Balaban J connectivity index is 1.67.